The minimum Gasteiger partial charge on any atom is -0.507 e. The van der Waals surface area contributed by atoms with Crippen molar-refractivity contribution in [3.8, 4) is 5.75 Å². The molecule has 0 radical (unpaired) electrons. The number of hydrogen-bond acceptors (Lipinski definition) is 7. The molecule has 5 N–H and O–H groups in total. The lowest BCUT2D eigenvalue weighted by Crippen LogP contribution is -2.40. The summed E-state index contributed by atoms with van der Waals surface area (Å²) in [4.78, 5) is 2.65. The van der Waals surface area contributed by atoms with Gasteiger partial charge >= 0.3 is 0 Å². The molecule has 0 spiro atoms. The van der Waals surface area contributed by atoms with Crippen molar-refractivity contribution in [1.82, 2.24) is 25.4 Å². The van der Waals surface area contributed by atoms with Gasteiger partial charge in [0.05, 0.1) is 17.4 Å². The molecule has 1 aromatic heterocycles. The number of para-hydroxylation sites is 1. The van der Waals surface area contributed by atoms with Crippen LogP contribution in [0, 0.1) is 5.92 Å². The van der Waals surface area contributed by atoms with Crippen LogP contribution in [0.25, 0.3) is 11.8 Å². The minimum atomic E-state index is 0.263. The molecule has 8 heteroatoms. The average molecular weight is 452 g/mol. The molecule has 0 amide bonds. The number of hydrazine groups is 1. The number of anilines is 2. The van der Waals surface area contributed by atoms with E-state index in [1.165, 1.54) is 32.5 Å². The molecule has 0 saturated carbocycles. The van der Waals surface area contributed by atoms with E-state index < -0.39 is 0 Å². The molecule has 2 aromatic rings. The van der Waals surface area contributed by atoms with Gasteiger partial charge in [-0.3, -0.25) is 15.5 Å². The number of hydrogen-bond donors (Lipinski definition) is 5. The first-order chi connectivity index (χ1) is 16.1. The van der Waals surface area contributed by atoms with Gasteiger partial charge in [-0.25, -0.2) is 0 Å². The predicted octanol–water partition coefficient (Wildman–Crippen LogP) is 3.47. The van der Waals surface area contributed by atoms with E-state index in [2.05, 4.69) is 51.0 Å². The highest BCUT2D eigenvalue weighted by Crippen LogP contribution is 2.37. The Bertz CT molecular complexity index is 985. The lowest BCUT2D eigenvalue weighted by molar-refractivity contribution is 0.146. The van der Waals surface area contributed by atoms with Gasteiger partial charge in [-0.05, 0) is 76.7 Å². The number of piperidine rings is 2. The molecular formula is C25H37N7O. The Kier molecular flexibility index (Phi) is 6.46. The summed E-state index contributed by atoms with van der Waals surface area (Å²) in [5, 5.41) is 22.3. The molecule has 0 aliphatic carbocycles. The van der Waals surface area contributed by atoms with E-state index in [-0.39, 0.29) is 11.8 Å². The zero-order valence-electron chi connectivity index (χ0n) is 19.8. The lowest BCUT2D eigenvalue weighted by Gasteiger charge is -2.36. The van der Waals surface area contributed by atoms with E-state index in [9.17, 15) is 5.11 Å². The molecule has 0 atom stereocenters. The smallest absolute Gasteiger partial charge is 0.174 e. The molecular weight excluding hydrogens is 414 g/mol. The summed E-state index contributed by atoms with van der Waals surface area (Å²) in [6.45, 7) is 10.1. The number of nitrogens with one attached hydrogen (secondary N) is 4. The van der Waals surface area contributed by atoms with Gasteiger partial charge in [0, 0.05) is 31.2 Å². The van der Waals surface area contributed by atoms with Crippen LogP contribution in [-0.2, 0) is 0 Å². The standard InChI is InChI=1S/C25H37N7O/c1-17(2)27-25-24-22(15-21(28-29-24)20-5-3-4-6-23(20)33)32(30-25)19-9-13-31(14-10-19)16-18-7-11-26-12-8-18/h3-6,15,17-19,26,28-29,33H,7-14,16H2,1-2H3,(H,27,30). The van der Waals surface area contributed by atoms with Crippen LogP contribution in [0.5, 0.6) is 5.75 Å². The second-order valence-corrected chi connectivity index (χ2v) is 9.90. The normalized spacial score (nSPS) is 20.2. The van der Waals surface area contributed by atoms with Crippen molar-refractivity contribution in [2.24, 2.45) is 5.92 Å². The van der Waals surface area contributed by atoms with Crippen molar-refractivity contribution in [3.05, 3.63) is 35.5 Å². The number of phenolic OH excluding ortho intramolecular Hbond substituents is 1. The number of fused-ring (bicyclic) bond motifs is 1. The highest BCUT2D eigenvalue weighted by molar-refractivity contribution is 5.91. The second kappa shape index (κ2) is 9.65. The van der Waals surface area contributed by atoms with E-state index in [0.717, 1.165) is 60.3 Å². The number of rotatable bonds is 6. The molecule has 2 saturated heterocycles. The summed E-state index contributed by atoms with van der Waals surface area (Å²) in [6.07, 6.45) is 6.92. The summed E-state index contributed by atoms with van der Waals surface area (Å²) in [6, 6.07) is 8.08. The molecule has 2 fully saturated rings. The fraction of sp³-hybridized carbons (Fsp3) is 0.560. The number of aromatic nitrogens is 2. The summed E-state index contributed by atoms with van der Waals surface area (Å²) < 4.78 is 2.20. The Hall–Kier alpha value is -2.71. The SMILES string of the molecule is CC(C)Nc1nn(C2CCN(CC3CCNCC3)CC2)c2c1NNC(c1ccccc1O)=C2. The van der Waals surface area contributed by atoms with E-state index in [4.69, 9.17) is 5.10 Å². The third-order valence-electron chi connectivity index (χ3n) is 7.05. The topological polar surface area (TPSA) is 89.4 Å². The molecule has 1 aromatic carbocycles. The fourth-order valence-electron chi connectivity index (χ4n) is 5.29. The van der Waals surface area contributed by atoms with Crippen molar-refractivity contribution in [1.29, 1.82) is 0 Å². The van der Waals surface area contributed by atoms with E-state index >= 15 is 0 Å². The largest absolute Gasteiger partial charge is 0.507 e. The van der Waals surface area contributed by atoms with Gasteiger partial charge in [-0.1, -0.05) is 12.1 Å². The lowest BCUT2D eigenvalue weighted by atomic mass is 9.96. The quantitative estimate of drug-likeness (QED) is 0.459. The number of likely N-dealkylation sites (tertiary alicyclic amines) is 1. The molecule has 0 unspecified atom stereocenters. The van der Waals surface area contributed by atoms with Gasteiger partial charge in [-0.15, -0.1) is 0 Å². The molecule has 4 heterocycles. The number of nitrogens with zero attached hydrogens (tertiary/aromatic N) is 3. The van der Waals surface area contributed by atoms with Crippen LogP contribution in [-0.4, -0.2) is 58.6 Å². The Morgan fingerprint density at radius 3 is 2.58 bits per heavy atom. The van der Waals surface area contributed by atoms with Crippen molar-refractivity contribution in [2.75, 3.05) is 43.5 Å². The predicted molar refractivity (Wildman–Crippen MR) is 134 cm³/mol. The van der Waals surface area contributed by atoms with Crippen molar-refractivity contribution in [2.45, 2.75) is 51.6 Å². The van der Waals surface area contributed by atoms with Crippen LogP contribution in [0.1, 0.15) is 56.8 Å². The van der Waals surface area contributed by atoms with Crippen molar-refractivity contribution in [3.63, 3.8) is 0 Å². The van der Waals surface area contributed by atoms with E-state index in [1.54, 1.807) is 6.07 Å². The van der Waals surface area contributed by atoms with Crippen LogP contribution in [0.15, 0.2) is 24.3 Å². The summed E-state index contributed by atoms with van der Waals surface area (Å²) in [5.74, 6) is 1.97. The van der Waals surface area contributed by atoms with Crippen molar-refractivity contribution < 1.29 is 5.11 Å². The summed E-state index contributed by atoms with van der Waals surface area (Å²) in [5.41, 5.74) is 10.3. The average Bonchev–Trinajstić information content (AvgIpc) is 3.17. The fourth-order valence-corrected chi connectivity index (χ4v) is 5.29. The van der Waals surface area contributed by atoms with Crippen LogP contribution < -0.4 is 21.5 Å². The molecule has 3 aliphatic rings. The van der Waals surface area contributed by atoms with E-state index in [0.29, 0.717) is 6.04 Å². The van der Waals surface area contributed by atoms with Crippen LogP contribution in [0.2, 0.25) is 0 Å². The Balaban J connectivity index is 1.37. The molecule has 0 bridgehead atoms. The van der Waals surface area contributed by atoms with Crippen LogP contribution >= 0.6 is 0 Å². The maximum absolute atomic E-state index is 10.4. The maximum Gasteiger partial charge on any atom is 0.174 e. The Morgan fingerprint density at radius 1 is 1.09 bits per heavy atom. The van der Waals surface area contributed by atoms with E-state index in [1.807, 2.05) is 18.2 Å². The van der Waals surface area contributed by atoms with Gasteiger partial charge < -0.3 is 20.6 Å². The second-order valence-electron chi connectivity index (χ2n) is 9.90. The first-order valence-corrected chi connectivity index (χ1v) is 12.4. The van der Waals surface area contributed by atoms with Crippen LogP contribution in [0.3, 0.4) is 0 Å². The third kappa shape index (κ3) is 4.82. The first-order valence-electron chi connectivity index (χ1n) is 12.4. The summed E-state index contributed by atoms with van der Waals surface area (Å²) >= 11 is 0. The number of phenols is 1. The summed E-state index contributed by atoms with van der Waals surface area (Å²) in [7, 11) is 0. The van der Waals surface area contributed by atoms with Gasteiger partial charge in [-0.2, -0.15) is 5.10 Å². The molecule has 33 heavy (non-hydrogen) atoms. The maximum atomic E-state index is 10.4. The molecule has 5 rings (SSSR count). The van der Waals surface area contributed by atoms with Crippen LogP contribution in [0.4, 0.5) is 11.5 Å². The Morgan fingerprint density at radius 2 is 1.85 bits per heavy atom. The van der Waals surface area contributed by atoms with Gasteiger partial charge in [0.25, 0.3) is 0 Å². The minimum absolute atomic E-state index is 0.263. The van der Waals surface area contributed by atoms with Gasteiger partial charge in [0.15, 0.2) is 5.82 Å². The van der Waals surface area contributed by atoms with Gasteiger partial charge in [0.1, 0.15) is 11.4 Å². The highest BCUT2D eigenvalue weighted by atomic mass is 16.3. The number of benzene rings is 1. The highest BCUT2D eigenvalue weighted by Gasteiger charge is 2.29. The zero-order valence-corrected chi connectivity index (χ0v) is 19.8. The first kappa shape index (κ1) is 22.1. The van der Waals surface area contributed by atoms with Gasteiger partial charge in [0.2, 0.25) is 0 Å². The molecule has 3 aliphatic heterocycles. The monoisotopic (exact) mass is 451 g/mol. The molecule has 178 valence electrons. The van der Waals surface area contributed by atoms with Crippen molar-refractivity contribution >= 4 is 23.3 Å². The zero-order chi connectivity index (χ0) is 22.8. The third-order valence-corrected chi connectivity index (χ3v) is 7.05. The molecule has 8 nitrogen and oxygen atoms in total. The number of aromatic hydroxyl groups is 1. The Labute approximate surface area is 196 Å².